The summed E-state index contributed by atoms with van der Waals surface area (Å²) >= 11 is 0. The van der Waals surface area contributed by atoms with Gasteiger partial charge in [-0.2, -0.15) is 0 Å². The molecule has 0 spiro atoms. The highest BCUT2D eigenvalue weighted by atomic mass is 16.8. The van der Waals surface area contributed by atoms with Gasteiger partial charge in [-0.15, -0.1) is 0 Å². The fourth-order valence-electron chi connectivity index (χ4n) is 3.61. The van der Waals surface area contributed by atoms with Crippen LogP contribution in [0.4, 0.5) is 0 Å². The predicted octanol–water partition coefficient (Wildman–Crippen LogP) is 4.77. The quantitative estimate of drug-likeness (QED) is 0.625. The SMILES string of the molecule is CC(C)=Cc1nc2c(O)c(C(=O)[C@@H]3OC(C)(C)O[C@H]3c3ccccc3)ccc2[nH]1. The third-order valence-electron chi connectivity index (χ3n) is 4.82. The zero-order valence-corrected chi connectivity index (χ0v) is 16.9. The van der Waals surface area contributed by atoms with E-state index in [2.05, 4.69) is 9.97 Å². The molecule has 0 radical (unpaired) electrons. The maximum atomic E-state index is 13.4. The van der Waals surface area contributed by atoms with E-state index in [-0.39, 0.29) is 17.1 Å². The van der Waals surface area contributed by atoms with Crippen molar-refractivity contribution in [2.24, 2.45) is 0 Å². The van der Waals surface area contributed by atoms with Gasteiger partial charge in [-0.25, -0.2) is 4.98 Å². The number of nitrogens with one attached hydrogen (secondary N) is 1. The third kappa shape index (κ3) is 3.69. The molecule has 1 saturated heterocycles. The molecule has 0 unspecified atom stereocenters. The van der Waals surface area contributed by atoms with Crippen LogP contribution in [0.5, 0.6) is 5.75 Å². The van der Waals surface area contributed by atoms with Gasteiger partial charge in [0.25, 0.3) is 0 Å². The number of aromatic hydroxyl groups is 1. The Bertz CT molecular complexity index is 1090. The number of phenols is 1. The van der Waals surface area contributed by atoms with Crippen molar-refractivity contribution < 1.29 is 19.4 Å². The number of Topliss-reactive ketones (excluding diaryl/α,β-unsaturated/α-hetero) is 1. The van der Waals surface area contributed by atoms with Crippen molar-refractivity contribution in [2.75, 3.05) is 0 Å². The molecule has 1 fully saturated rings. The van der Waals surface area contributed by atoms with E-state index in [0.717, 1.165) is 11.1 Å². The lowest BCUT2D eigenvalue weighted by molar-refractivity contribution is -0.143. The number of aromatic amines is 1. The summed E-state index contributed by atoms with van der Waals surface area (Å²) in [6, 6.07) is 12.8. The minimum Gasteiger partial charge on any atom is -0.505 e. The Labute approximate surface area is 169 Å². The molecule has 1 aliphatic heterocycles. The Morgan fingerprint density at radius 3 is 2.55 bits per heavy atom. The fraction of sp³-hybridized carbons (Fsp3) is 0.304. The zero-order chi connectivity index (χ0) is 20.8. The summed E-state index contributed by atoms with van der Waals surface area (Å²) in [5, 5.41) is 10.8. The summed E-state index contributed by atoms with van der Waals surface area (Å²) < 4.78 is 11.9. The molecule has 0 saturated carbocycles. The van der Waals surface area contributed by atoms with E-state index in [4.69, 9.17) is 9.47 Å². The smallest absolute Gasteiger partial charge is 0.198 e. The molecule has 2 atom stereocenters. The van der Waals surface area contributed by atoms with Crippen LogP contribution in [-0.2, 0) is 9.47 Å². The number of imidazole rings is 1. The standard InChI is InChI=1S/C23H24N2O4/c1-13(2)12-17-24-16-11-10-15(19(26)18(16)25-17)20(27)22-21(28-23(3,4)29-22)14-8-6-5-7-9-14/h5-12,21-22,26H,1-4H3,(H,24,25)/t21-,22-/m0/s1. The van der Waals surface area contributed by atoms with Crippen molar-refractivity contribution in [2.45, 2.75) is 45.7 Å². The van der Waals surface area contributed by atoms with E-state index in [1.54, 1.807) is 26.0 Å². The summed E-state index contributed by atoms with van der Waals surface area (Å²) in [6.45, 7) is 7.48. The number of rotatable bonds is 4. The number of carbonyl (C=O) groups excluding carboxylic acids is 1. The molecule has 150 valence electrons. The van der Waals surface area contributed by atoms with Crippen LogP contribution in [0.1, 0.15) is 55.5 Å². The topological polar surface area (TPSA) is 84.4 Å². The molecule has 2 N–H and O–H groups in total. The van der Waals surface area contributed by atoms with Crippen molar-refractivity contribution in [3.63, 3.8) is 0 Å². The van der Waals surface area contributed by atoms with Crippen LogP contribution in [0, 0.1) is 0 Å². The number of nitrogens with zero attached hydrogens (tertiary/aromatic N) is 1. The summed E-state index contributed by atoms with van der Waals surface area (Å²) in [6.07, 6.45) is 0.448. The van der Waals surface area contributed by atoms with Crippen LogP contribution in [0.3, 0.4) is 0 Å². The summed E-state index contributed by atoms with van der Waals surface area (Å²) in [7, 11) is 0. The van der Waals surface area contributed by atoms with Gasteiger partial charge < -0.3 is 19.6 Å². The van der Waals surface area contributed by atoms with Gasteiger partial charge in [0.2, 0.25) is 0 Å². The molecule has 2 aromatic carbocycles. The molecule has 3 aromatic rings. The molecule has 1 aromatic heterocycles. The Hall–Kier alpha value is -2.96. The number of ether oxygens (including phenoxy) is 2. The Kier molecular flexibility index (Phi) is 4.76. The number of aromatic nitrogens is 2. The average Bonchev–Trinajstić information content (AvgIpc) is 3.22. The summed E-state index contributed by atoms with van der Waals surface area (Å²) in [5.41, 5.74) is 3.11. The average molecular weight is 392 g/mol. The highest BCUT2D eigenvalue weighted by Gasteiger charge is 2.46. The van der Waals surface area contributed by atoms with Gasteiger partial charge in [0, 0.05) is 0 Å². The first-order valence-corrected chi connectivity index (χ1v) is 9.56. The summed E-state index contributed by atoms with van der Waals surface area (Å²) in [5.74, 6) is -0.778. The lowest BCUT2D eigenvalue weighted by atomic mass is 9.96. The van der Waals surface area contributed by atoms with E-state index >= 15 is 0 Å². The number of H-pyrrole nitrogens is 1. The zero-order valence-electron chi connectivity index (χ0n) is 16.9. The number of allylic oxidation sites excluding steroid dienone is 1. The van der Waals surface area contributed by atoms with Crippen LogP contribution in [-0.4, -0.2) is 32.7 Å². The van der Waals surface area contributed by atoms with Crippen LogP contribution in [0.2, 0.25) is 0 Å². The van der Waals surface area contributed by atoms with E-state index in [0.29, 0.717) is 16.9 Å². The van der Waals surface area contributed by atoms with Crippen molar-refractivity contribution >= 4 is 22.9 Å². The molecule has 29 heavy (non-hydrogen) atoms. The Morgan fingerprint density at radius 1 is 1.14 bits per heavy atom. The highest BCUT2D eigenvalue weighted by Crippen LogP contribution is 2.41. The van der Waals surface area contributed by atoms with Crippen LogP contribution >= 0.6 is 0 Å². The molecular weight excluding hydrogens is 368 g/mol. The monoisotopic (exact) mass is 392 g/mol. The van der Waals surface area contributed by atoms with Gasteiger partial charge in [-0.3, -0.25) is 4.79 Å². The molecule has 0 amide bonds. The van der Waals surface area contributed by atoms with Crippen LogP contribution in [0.25, 0.3) is 17.1 Å². The van der Waals surface area contributed by atoms with Gasteiger partial charge in [0.1, 0.15) is 17.4 Å². The first kappa shape index (κ1) is 19.4. The van der Waals surface area contributed by atoms with Crippen molar-refractivity contribution in [3.8, 4) is 5.75 Å². The number of phenolic OH excluding ortho intramolecular Hbond substituents is 1. The predicted molar refractivity (Wildman–Crippen MR) is 111 cm³/mol. The lowest BCUT2D eigenvalue weighted by Crippen LogP contribution is -2.28. The first-order valence-electron chi connectivity index (χ1n) is 9.56. The molecule has 6 nitrogen and oxygen atoms in total. The minimum atomic E-state index is -0.913. The third-order valence-corrected chi connectivity index (χ3v) is 4.82. The second kappa shape index (κ2) is 7.13. The number of hydrogen-bond donors (Lipinski definition) is 2. The first-order chi connectivity index (χ1) is 13.7. The van der Waals surface area contributed by atoms with Gasteiger partial charge >= 0.3 is 0 Å². The molecule has 6 heteroatoms. The van der Waals surface area contributed by atoms with Gasteiger partial charge in [0.05, 0.1) is 11.1 Å². The van der Waals surface area contributed by atoms with Gasteiger partial charge in [-0.05, 0) is 51.5 Å². The molecule has 0 bridgehead atoms. The number of fused-ring (bicyclic) bond motifs is 1. The van der Waals surface area contributed by atoms with Crippen molar-refractivity contribution in [3.05, 3.63) is 65.0 Å². The lowest BCUT2D eigenvalue weighted by Gasteiger charge is -2.16. The molecule has 0 aliphatic carbocycles. The Morgan fingerprint density at radius 2 is 1.86 bits per heavy atom. The number of benzene rings is 2. The molecule has 2 heterocycles. The minimum absolute atomic E-state index is 0.155. The molecular formula is C23H24N2O4. The number of carbonyl (C=O) groups is 1. The second-order valence-corrected chi connectivity index (χ2v) is 7.95. The van der Waals surface area contributed by atoms with E-state index in [1.165, 1.54) is 0 Å². The summed E-state index contributed by atoms with van der Waals surface area (Å²) in [4.78, 5) is 20.9. The second-order valence-electron chi connectivity index (χ2n) is 7.95. The van der Waals surface area contributed by atoms with Gasteiger partial charge in [-0.1, -0.05) is 35.9 Å². The van der Waals surface area contributed by atoms with E-state index in [1.807, 2.05) is 50.3 Å². The fourth-order valence-corrected chi connectivity index (χ4v) is 3.61. The highest BCUT2D eigenvalue weighted by molar-refractivity contribution is 6.06. The van der Waals surface area contributed by atoms with Gasteiger partial charge in [0.15, 0.2) is 23.4 Å². The van der Waals surface area contributed by atoms with Crippen LogP contribution in [0.15, 0.2) is 48.0 Å². The Balaban J connectivity index is 1.73. The number of hydrogen-bond acceptors (Lipinski definition) is 5. The van der Waals surface area contributed by atoms with Crippen molar-refractivity contribution in [1.29, 1.82) is 0 Å². The molecule has 1 aliphatic rings. The van der Waals surface area contributed by atoms with E-state index < -0.39 is 18.0 Å². The normalized spacial score (nSPS) is 20.7. The largest absolute Gasteiger partial charge is 0.505 e. The van der Waals surface area contributed by atoms with E-state index in [9.17, 15) is 9.90 Å². The number of ketones is 1. The molecule has 4 rings (SSSR count). The van der Waals surface area contributed by atoms with Crippen molar-refractivity contribution in [1.82, 2.24) is 9.97 Å². The van der Waals surface area contributed by atoms with Crippen LogP contribution < -0.4 is 0 Å². The maximum absolute atomic E-state index is 13.4. The maximum Gasteiger partial charge on any atom is 0.198 e.